The Hall–Kier alpha value is -3.19. The number of likely N-dealkylation sites (N-methyl/N-ethyl adjacent to an activating group) is 1. The highest BCUT2D eigenvalue weighted by Crippen LogP contribution is 2.27. The molecule has 0 spiro atoms. The van der Waals surface area contributed by atoms with Crippen LogP contribution in [0.25, 0.3) is 11.4 Å². The van der Waals surface area contributed by atoms with E-state index in [1.54, 1.807) is 7.11 Å². The molecule has 1 aromatic heterocycles. The molecule has 0 saturated heterocycles. The van der Waals surface area contributed by atoms with Crippen molar-refractivity contribution in [3.8, 4) is 17.1 Å². The minimum Gasteiger partial charge on any atom is -0.496 e. The van der Waals surface area contributed by atoms with Crippen molar-refractivity contribution < 1.29 is 14.1 Å². The lowest BCUT2D eigenvalue weighted by Crippen LogP contribution is -2.34. The molecule has 7 heteroatoms. The lowest BCUT2D eigenvalue weighted by atomic mass is 10.0. The zero-order valence-electron chi connectivity index (χ0n) is 17.0. The minimum atomic E-state index is -0.0637. The second-order valence-corrected chi connectivity index (χ2v) is 6.90. The molecule has 0 aliphatic rings. The molecule has 3 aromatic rings. The quantitative estimate of drug-likeness (QED) is 0.601. The Morgan fingerprint density at radius 3 is 2.59 bits per heavy atom. The van der Waals surface area contributed by atoms with Crippen molar-refractivity contribution in [3.05, 3.63) is 66.1 Å². The number of benzene rings is 2. The number of amides is 1. The predicted molar refractivity (Wildman–Crippen MR) is 110 cm³/mol. The van der Waals surface area contributed by atoms with E-state index in [9.17, 15) is 4.79 Å². The number of nitrogens with one attached hydrogen (secondary N) is 1. The number of hydrogen-bond acceptors (Lipinski definition) is 6. The van der Waals surface area contributed by atoms with Crippen molar-refractivity contribution in [1.82, 2.24) is 20.4 Å². The third kappa shape index (κ3) is 5.42. The number of carbonyl (C=O) groups excluding carboxylic acids is 1. The third-order valence-electron chi connectivity index (χ3n) is 4.68. The first-order valence-corrected chi connectivity index (χ1v) is 9.52. The normalized spacial score (nSPS) is 12.0. The zero-order valence-corrected chi connectivity index (χ0v) is 17.0. The van der Waals surface area contributed by atoms with Gasteiger partial charge in [0.25, 0.3) is 0 Å². The molecule has 0 bridgehead atoms. The molecule has 0 aliphatic carbocycles. The summed E-state index contributed by atoms with van der Waals surface area (Å²) in [4.78, 5) is 18.8. The molecular weight excluding hydrogens is 368 g/mol. The molecule has 1 atom stereocenters. The summed E-state index contributed by atoms with van der Waals surface area (Å²) < 4.78 is 10.7. The number of hydrogen-bond donors (Lipinski definition) is 1. The first-order chi connectivity index (χ1) is 14.1. The van der Waals surface area contributed by atoms with Gasteiger partial charge in [0.05, 0.1) is 13.2 Å². The molecule has 1 heterocycles. The maximum atomic E-state index is 12.4. The SMILES string of the molecule is COc1ccccc1C(CNC(=O)CCc1nc(-c2ccccc2)no1)N(C)C. The van der Waals surface area contributed by atoms with E-state index >= 15 is 0 Å². The predicted octanol–water partition coefficient (Wildman–Crippen LogP) is 3.10. The highest BCUT2D eigenvalue weighted by atomic mass is 16.5. The standard InChI is InChI=1S/C22H26N4O3/c1-26(2)18(17-11-7-8-12-19(17)28-3)15-23-20(27)13-14-21-24-22(25-29-21)16-9-5-4-6-10-16/h4-12,18H,13-15H2,1-3H3,(H,23,27). The summed E-state index contributed by atoms with van der Waals surface area (Å²) in [6, 6.07) is 17.4. The molecule has 0 fully saturated rings. The second-order valence-electron chi connectivity index (χ2n) is 6.90. The number of carbonyl (C=O) groups is 1. The molecule has 3 rings (SSSR count). The Bertz CT molecular complexity index is 925. The van der Waals surface area contributed by atoms with Crippen LogP contribution in [0.4, 0.5) is 0 Å². The average Bonchev–Trinajstić information content (AvgIpc) is 3.22. The molecule has 1 amide bonds. The van der Waals surface area contributed by atoms with Gasteiger partial charge in [-0.3, -0.25) is 4.79 Å². The van der Waals surface area contributed by atoms with E-state index in [2.05, 4.69) is 20.4 Å². The molecule has 2 aromatic carbocycles. The van der Waals surface area contributed by atoms with E-state index in [1.807, 2.05) is 68.7 Å². The maximum Gasteiger partial charge on any atom is 0.227 e. The van der Waals surface area contributed by atoms with Crippen molar-refractivity contribution in [2.24, 2.45) is 0 Å². The van der Waals surface area contributed by atoms with Gasteiger partial charge in [-0.25, -0.2) is 0 Å². The molecule has 7 nitrogen and oxygen atoms in total. The number of rotatable bonds is 9. The van der Waals surface area contributed by atoms with Gasteiger partial charge >= 0.3 is 0 Å². The van der Waals surface area contributed by atoms with Gasteiger partial charge in [-0.1, -0.05) is 53.7 Å². The van der Waals surface area contributed by atoms with Crippen LogP contribution < -0.4 is 10.1 Å². The first kappa shape index (κ1) is 20.5. The molecule has 152 valence electrons. The van der Waals surface area contributed by atoms with Crippen LogP contribution in [-0.4, -0.2) is 48.7 Å². The van der Waals surface area contributed by atoms with Gasteiger partial charge in [0, 0.05) is 30.5 Å². The van der Waals surface area contributed by atoms with Gasteiger partial charge in [0.2, 0.25) is 17.6 Å². The minimum absolute atomic E-state index is 0.00295. The van der Waals surface area contributed by atoms with Crippen LogP contribution >= 0.6 is 0 Å². The molecular formula is C22H26N4O3. The van der Waals surface area contributed by atoms with Crippen LogP contribution in [0.1, 0.15) is 23.9 Å². The fourth-order valence-electron chi connectivity index (χ4n) is 3.09. The van der Waals surface area contributed by atoms with Crippen LogP contribution in [0, 0.1) is 0 Å². The van der Waals surface area contributed by atoms with Crippen molar-refractivity contribution in [3.63, 3.8) is 0 Å². The van der Waals surface area contributed by atoms with E-state index < -0.39 is 0 Å². The molecule has 0 radical (unpaired) electrons. The van der Waals surface area contributed by atoms with Crippen LogP contribution in [0.2, 0.25) is 0 Å². The van der Waals surface area contributed by atoms with Gasteiger partial charge in [-0.05, 0) is 20.2 Å². The topological polar surface area (TPSA) is 80.5 Å². The molecule has 0 aliphatic heterocycles. The molecule has 1 N–H and O–H groups in total. The first-order valence-electron chi connectivity index (χ1n) is 9.52. The Kier molecular flexibility index (Phi) is 6.97. The maximum absolute atomic E-state index is 12.4. The van der Waals surface area contributed by atoms with Crippen LogP contribution in [0.3, 0.4) is 0 Å². The number of aromatic nitrogens is 2. The third-order valence-corrected chi connectivity index (χ3v) is 4.68. The fraction of sp³-hybridized carbons (Fsp3) is 0.318. The largest absolute Gasteiger partial charge is 0.496 e. The number of methoxy groups -OCH3 is 1. The monoisotopic (exact) mass is 394 g/mol. The second kappa shape index (κ2) is 9.84. The van der Waals surface area contributed by atoms with E-state index in [0.717, 1.165) is 16.9 Å². The van der Waals surface area contributed by atoms with E-state index in [0.29, 0.717) is 24.7 Å². The summed E-state index contributed by atoms with van der Waals surface area (Å²) in [6.07, 6.45) is 0.676. The molecule has 29 heavy (non-hydrogen) atoms. The fourth-order valence-corrected chi connectivity index (χ4v) is 3.09. The smallest absolute Gasteiger partial charge is 0.227 e. The van der Waals surface area contributed by atoms with Gasteiger partial charge in [-0.15, -0.1) is 0 Å². The highest BCUT2D eigenvalue weighted by molar-refractivity contribution is 5.76. The van der Waals surface area contributed by atoms with E-state index in [1.165, 1.54) is 0 Å². The van der Waals surface area contributed by atoms with Gasteiger partial charge in [0.1, 0.15) is 5.75 Å². The van der Waals surface area contributed by atoms with Gasteiger partial charge in [-0.2, -0.15) is 4.98 Å². The Labute approximate surface area is 170 Å². The lowest BCUT2D eigenvalue weighted by molar-refractivity contribution is -0.121. The number of ether oxygens (including phenoxy) is 1. The van der Waals surface area contributed by atoms with Crippen molar-refractivity contribution in [1.29, 1.82) is 0 Å². The number of para-hydroxylation sites is 1. The summed E-state index contributed by atoms with van der Waals surface area (Å²) >= 11 is 0. The average molecular weight is 394 g/mol. The highest BCUT2D eigenvalue weighted by Gasteiger charge is 2.19. The van der Waals surface area contributed by atoms with Crippen LogP contribution in [0.5, 0.6) is 5.75 Å². The van der Waals surface area contributed by atoms with E-state index in [-0.39, 0.29) is 18.4 Å². The molecule has 0 saturated carbocycles. The number of aryl methyl sites for hydroxylation is 1. The Morgan fingerprint density at radius 1 is 1.14 bits per heavy atom. The molecule has 1 unspecified atom stereocenters. The summed E-state index contributed by atoms with van der Waals surface area (Å²) in [5, 5.41) is 6.98. The van der Waals surface area contributed by atoms with Crippen molar-refractivity contribution in [2.75, 3.05) is 27.7 Å². The lowest BCUT2D eigenvalue weighted by Gasteiger charge is -2.26. The van der Waals surface area contributed by atoms with Gasteiger partial charge in [0.15, 0.2) is 0 Å². The number of nitrogens with zero attached hydrogens (tertiary/aromatic N) is 3. The summed E-state index contributed by atoms with van der Waals surface area (Å²) in [7, 11) is 5.61. The zero-order chi connectivity index (χ0) is 20.6. The summed E-state index contributed by atoms with van der Waals surface area (Å²) in [5.74, 6) is 1.73. The Balaban J connectivity index is 1.54. The van der Waals surface area contributed by atoms with Gasteiger partial charge < -0.3 is 19.5 Å². The van der Waals surface area contributed by atoms with Crippen LogP contribution in [-0.2, 0) is 11.2 Å². The summed E-state index contributed by atoms with van der Waals surface area (Å²) in [6.45, 7) is 0.477. The summed E-state index contributed by atoms with van der Waals surface area (Å²) in [5.41, 5.74) is 1.92. The Morgan fingerprint density at radius 2 is 1.86 bits per heavy atom. The van der Waals surface area contributed by atoms with Crippen LogP contribution in [0.15, 0.2) is 59.1 Å². The van der Waals surface area contributed by atoms with E-state index in [4.69, 9.17) is 9.26 Å². The van der Waals surface area contributed by atoms with Crippen molar-refractivity contribution in [2.45, 2.75) is 18.9 Å². The van der Waals surface area contributed by atoms with Crippen molar-refractivity contribution >= 4 is 5.91 Å².